The van der Waals surface area contributed by atoms with E-state index in [2.05, 4.69) is 0 Å². The molecule has 0 saturated carbocycles. The molecule has 0 aliphatic carbocycles. The summed E-state index contributed by atoms with van der Waals surface area (Å²) in [6, 6.07) is 0. The lowest BCUT2D eigenvalue weighted by Crippen LogP contribution is -2.62. The van der Waals surface area contributed by atoms with E-state index in [0.29, 0.717) is 0 Å². The average Bonchev–Trinajstić information content (AvgIpc) is 2.14. The molecule has 6 nitrogen and oxygen atoms in total. The molecule has 15 heavy (non-hydrogen) atoms. The van der Waals surface area contributed by atoms with Crippen molar-refractivity contribution in [2.75, 3.05) is 20.7 Å². The first kappa shape index (κ1) is 15.0. The molecule has 0 bridgehead atoms. The first-order valence-corrected chi connectivity index (χ1v) is 4.46. The topological polar surface area (TPSA) is 93.4 Å². The number of aliphatic hydroxyl groups is 4. The van der Waals surface area contributed by atoms with Crippen LogP contribution in [0.1, 0.15) is 0 Å². The zero-order valence-electron chi connectivity index (χ0n) is 8.65. The van der Waals surface area contributed by atoms with Crippen molar-refractivity contribution in [1.82, 2.24) is 4.90 Å². The highest BCUT2D eigenvalue weighted by Crippen LogP contribution is 2.21. The molecule has 0 aromatic heterocycles. The Hall–Kier alpha value is 0.0500. The molecule has 0 spiro atoms. The fourth-order valence-electron chi connectivity index (χ4n) is 1.51. The third-order valence-corrected chi connectivity index (χ3v) is 2.38. The van der Waals surface area contributed by atoms with Crippen molar-refractivity contribution in [2.24, 2.45) is 0 Å². The van der Waals surface area contributed by atoms with Crippen LogP contribution >= 0.6 is 12.4 Å². The minimum Gasteiger partial charge on any atom is -0.394 e. The first-order chi connectivity index (χ1) is 6.49. The summed E-state index contributed by atoms with van der Waals surface area (Å²) in [4.78, 5) is 1.57. The summed E-state index contributed by atoms with van der Waals surface area (Å²) >= 11 is 0. The van der Waals surface area contributed by atoms with E-state index in [1.165, 1.54) is 0 Å². The van der Waals surface area contributed by atoms with Gasteiger partial charge < -0.3 is 25.2 Å². The summed E-state index contributed by atoms with van der Waals surface area (Å²) in [5.74, 6) is 0. The van der Waals surface area contributed by atoms with Crippen LogP contribution in [-0.4, -0.2) is 76.7 Å². The van der Waals surface area contributed by atoms with Gasteiger partial charge in [0.05, 0.1) is 6.61 Å². The van der Waals surface area contributed by atoms with Crippen LogP contribution in [0.2, 0.25) is 0 Å². The lowest BCUT2D eigenvalue weighted by atomic mass is 9.98. The molecule has 0 aromatic carbocycles. The van der Waals surface area contributed by atoms with Gasteiger partial charge in [-0.15, -0.1) is 12.4 Å². The lowest BCUT2D eigenvalue weighted by Gasteiger charge is -2.42. The molecule has 1 aliphatic heterocycles. The molecule has 0 amide bonds. The third kappa shape index (κ3) is 3.01. The standard InChI is InChI=1S/C8H17NO5.ClH/c1-9(2)8-7(13)6(12)5(11)4(3-10)14-8;/h4-8,10-13H,3H2,1-2H3;1H/t4-,5+,6+,7-,8-;/m1./s1. The molecule has 0 unspecified atom stereocenters. The van der Waals surface area contributed by atoms with Crippen LogP contribution in [0.4, 0.5) is 0 Å². The lowest BCUT2D eigenvalue weighted by molar-refractivity contribution is -0.258. The number of halogens is 1. The Morgan fingerprint density at radius 1 is 1.07 bits per heavy atom. The number of likely N-dealkylation sites (N-methyl/N-ethyl adjacent to an activating group) is 1. The molecule has 1 fully saturated rings. The number of ether oxygens (including phenoxy) is 1. The van der Waals surface area contributed by atoms with Gasteiger partial charge in [-0.3, -0.25) is 4.90 Å². The van der Waals surface area contributed by atoms with Gasteiger partial charge >= 0.3 is 0 Å². The third-order valence-electron chi connectivity index (χ3n) is 2.38. The summed E-state index contributed by atoms with van der Waals surface area (Å²) in [5, 5.41) is 37.2. The summed E-state index contributed by atoms with van der Waals surface area (Å²) in [6.07, 6.45) is -5.31. The van der Waals surface area contributed by atoms with Crippen LogP contribution in [-0.2, 0) is 4.74 Å². The van der Waals surface area contributed by atoms with Gasteiger partial charge in [0.15, 0.2) is 0 Å². The average molecular weight is 244 g/mol. The fraction of sp³-hybridized carbons (Fsp3) is 1.00. The molecule has 4 N–H and O–H groups in total. The van der Waals surface area contributed by atoms with E-state index in [-0.39, 0.29) is 12.4 Å². The fourth-order valence-corrected chi connectivity index (χ4v) is 1.51. The Bertz CT molecular complexity index is 192. The molecular formula is C8H18ClNO5. The van der Waals surface area contributed by atoms with Crippen molar-refractivity contribution in [3.05, 3.63) is 0 Å². The van der Waals surface area contributed by atoms with Gasteiger partial charge in [-0.1, -0.05) is 0 Å². The highest BCUT2D eigenvalue weighted by atomic mass is 35.5. The Kier molecular flexibility index (Phi) is 5.97. The molecule has 92 valence electrons. The van der Waals surface area contributed by atoms with Gasteiger partial charge in [-0.05, 0) is 14.1 Å². The number of hydrogen-bond acceptors (Lipinski definition) is 6. The zero-order valence-corrected chi connectivity index (χ0v) is 9.46. The van der Waals surface area contributed by atoms with Gasteiger partial charge in [-0.2, -0.15) is 0 Å². The Morgan fingerprint density at radius 3 is 2.00 bits per heavy atom. The highest BCUT2D eigenvalue weighted by Gasteiger charge is 2.44. The SMILES string of the molecule is CN(C)[C@@H]1O[C@H](CO)[C@H](O)[C@H](O)[C@H]1O.Cl. The molecular weight excluding hydrogens is 226 g/mol. The van der Waals surface area contributed by atoms with Gasteiger partial charge in [0.2, 0.25) is 0 Å². The Morgan fingerprint density at radius 2 is 1.60 bits per heavy atom. The van der Waals surface area contributed by atoms with Crippen LogP contribution in [0.5, 0.6) is 0 Å². The Balaban J connectivity index is 0.00000196. The normalized spacial score (nSPS) is 41.4. The molecule has 1 saturated heterocycles. The molecule has 1 heterocycles. The zero-order chi connectivity index (χ0) is 10.9. The van der Waals surface area contributed by atoms with Crippen molar-refractivity contribution in [1.29, 1.82) is 0 Å². The van der Waals surface area contributed by atoms with Crippen LogP contribution in [0.15, 0.2) is 0 Å². The second-order valence-corrected chi connectivity index (χ2v) is 3.68. The van der Waals surface area contributed by atoms with E-state index in [1.54, 1.807) is 19.0 Å². The molecule has 1 rings (SSSR count). The van der Waals surface area contributed by atoms with Crippen LogP contribution in [0.3, 0.4) is 0 Å². The summed E-state index contributed by atoms with van der Waals surface area (Å²) < 4.78 is 5.21. The Labute approximate surface area is 94.5 Å². The molecule has 5 atom stereocenters. The van der Waals surface area contributed by atoms with Crippen molar-refractivity contribution in [3.8, 4) is 0 Å². The number of rotatable bonds is 2. The molecule has 0 radical (unpaired) electrons. The van der Waals surface area contributed by atoms with Gasteiger partial charge in [-0.25, -0.2) is 0 Å². The van der Waals surface area contributed by atoms with E-state index in [9.17, 15) is 15.3 Å². The monoisotopic (exact) mass is 243 g/mol. The van der Waals surface area contributed by atoms with E-state index < -0.39 is 37.3 Å². The molecule has 1 aliphatic rings. The smallest absolute Gasteiger partial charge is 0.139 e. The van der Waals surface area contributed by atoms with Crippen molar-refractivity contribution < 1.29 is 25.2 Å². The van der Waals surface area contributed by atoms with Crippen LogP contribution in [0.25, 0.3) is 0 Å². The van der Waals surface area contributed by atoms with Crippen molar-refractivity contribution >= 4 is 12.4 Å². The summed E-state index contributed by atoms with van der Waals surface area (Å²) in [6.45, 7) is -0.394. The van der Waals surface area contributed by atoms with E-state index in [1.807, 2.05) is 0 Å². The second kappa shape index (κ2) is 5.95. The maximum Gasteiger partial charge on any atom is 0.139 e. The minimum absolute atomic E-state index is 0. The molecule has 0 aromatic rings. The second-order valence-electron chi connectivity index (χ2n) is 3.68. The van der Waals surface area contributed by atoms with Crippen molar-refractivity contribution in [2.45, 2.75) is 30.6 Å². The first-order valence-electron chi connectivity index (χ1n) is 4.46. The van der Waals surface area contributed by atoms with Crippen molar-refractivity contribution in [3.63, 3.8) is 0 Å². The summed E-state index contributed by atoms with van der Waals surface area (Å²) in [5.41, 5.74) is 0. The number of aliphatic hydroxyl groups excluding tert-OH is 4. The van der Waals surface area contributed by atoms with E-state index in [0.717, 1.165) is 0 Å². The van der Waals surface area contributed by atoms with Gasteiger partial charge in [0.25, 0.3) is 0 Å². The number of hydrogen-bond donors (Lipinski definition) is 4. The predicted octanol–water partition coefficient (Wildman–Crippen LogP) is -2.23. The maximum absolute atomic E-state index is 9.53. The van der Waals surface area contributed by atoms with Gasteiger partial charge in [0.1, 0.15) is 30.6 Å². The minimum atomic E-state index is -1.30. The van der Waals surface area contributed by atoms with Crippen LogP contribution in [0, 0.1) is 0 Å². The highest BCUT2D eigenvalue weighted by molar-refractivity contribution is 5.85. The number of nitrogens with zero attached hydrogens (tertiary/aromatic N) is 1. The van der Waals surface area contributed by atoms with Crippen LogP contribution < -0.4 is 0 Å². The van der Waals surface area contributed by atoms with Gasteiger partial charge in [0, 0.05) is 0 Å². The van der Waals surface area contributed by atoms with E-state index in [4.69, 9.17) is 9.84 Å². The predicted molar refractivity (Wildman–Crippen MR) is 54.7 cm³/mol. The quantitative estimate of drug-likeness (QED) is 0.439. The largest absolute Gasteiger partial charge is 0.394 e. The van der Waals surface area contributed by atoms with E-state index >= 15 is 0 Å². The summed E-state index contributed by atoms with van der Waals surface area (Å²) in [7, 11) is 3.35. The maximum atomic E-state index is 9.53. The molecule has 7 heteroatoms.